The molecule has 2 bridgehead atoms. The van der Waals surface area contributed by atoms with Gasteiger partial charge in [0.2, 0.25) is 0 Å². The third-order valence-electron chi connectivity index (χ3n) is 5.38. The van der Waals surface area contributed by atoms with Gasteiger partial charge in [-0.15, -0.1) is 0 Å². The van der Waals surface area contributed by atoms with Crippen molar-refractivity contribution < 1.29 is 4.74 Å². The van der Waals surface area contributed by atoms with E-state index in [0.717, 1.165) is 25.8 Å². The summed E-state index contributed by atoms with van der Waals surface area (Å²) >= 11 is 0. The van der Waals surface area contributed by atoms with Crippen molar-refractivity contribution in [3.8, 4) is 0 Å². The maximum atomic E-state index is 6.17. The molecule has 2 fully saturated rings. The summed E-state index contributed by atoms with van der Waals surface area (Å²) in [4.78, 5) is 0. The first-order chi connectivity index (χ1) is 10.3. The molecule has 4 rings (SSSR count). The molecule has 2 aliphatic rings. The summed E-state index contributed by atoms with van der Waals surface area (Å²) in [6, 6.07) is 8.52. The molecule has 2 aliphatic heterocycles. The van der Waals surface area contributed by atoms with Gasteiger partial charge in [0.05, 0.1) is 23.4 Å². The lowest BCUT2D eigenvalue weighted by molar-refractivity contribution is 0.0633. The van der Waals surface area contributed by atoms with Gasteiger partial charge in [-0.1, -0.05) is 18.2 Å². The van der Waals surface area contributed by atoms with E-state index in [0.29, 0.717) is 18.8 Å². The van der Waals surface area contributed by atoms with Gasteiger partial charge in [-0.2, -0.15) is 5.10 Å². The number of nitrogens with two attached hydrogens (primary N) is 1. The molecule has 0 amide bonds. The Labute approximate surface area is 125 Å². The first-order valence-electron chi connectivity index (χ1n) is 8.06. The van der Waals surface area contributed by atoms with Gasteiger partial charge in [-0.3, -0.25) is 4.68 Å². The van der Waals surface area contributed by atoms with Crippen LogP contribution in [0.5, 0.6) is 0 Å². The number of hydrogen-bond acceptors (Lipinski definition) is 3. The molecule has 0 aliphatic carbocycles. The lowest BCUT2D eigenvalue weighted by Crippen LogP contribution is -2.41. The van der Waals surface area contributed by atoms with Crippen LogP contribution < -0.4 is 5.73 Å². The van der Waals surface area contributed by atoms with E-state index in [1.807, 2.05) is 0 Å². The number of aryl methyl sites for hydroxylation is 1. The molecule has 21 heavy (non-hydrogen) atoms. The van der Waals surface area contributed by atoms with Crippen LogP contribution in [0.1, 0.15) is 31.9 Å². The number of aromatic nitrogens is 2. The molecule has 4 heteroatoms. The fraction of sp³-hybridized carbons (Fsp3) is 0.588. The molecule has 2 N–H and O–H groups in total. The first-order valence-corrected chi connectivity index (χ1v) is 8.06. The zero-order valence-electron chi connectivity index (χ0n) is 12.6. The molecule has 3 unspecified atom stereocenters. The highest BCUT2D eigenvalue weighted by molar-refractivity contribution is 5.82. The quantitative estimate of drug-likeness (QED) is 0.939. The third-order valence-corrected chi connectivity index (χ3v) is 5.38. The second-order valence-corrected chi connectivity index (χ2v) is 6.55. The van der Waals surface area contributed by atoms with E-state index in [1.54, 1.807) is 0 Å². The maximum Gasteiger partial charge on any atom is 0.0710 e. The standard InChI is InChI=1S/C17H23N3O/c1-2-20-15-6-4-3-5-13(15)14(19-20)10-17(11-18)9-12-7-8-16(17)21-12/h3-6,12,16H,2,7-11,18H2,1H3. The molecule has 3 heterocycles. The monoisotopic (exact) mass is 285 g/mol. The SMILES string of the molecule is CCn1nc(CC2(CN)CC3CCC2O3)c2ccccc21. The van der Waals surface area contributed by atoms with Crippen LogP contribution in [-0.2, 0) is 17.7 Å². The van der Waals surface area contributed by atoms with Gasteiger partial charge in [0.15, 0.2) is 0 Å². The highest BCUT2D eigenvalue weighted by Crippen LogP contribution is 2.49. The summed E-state index contributed by atoms with van der Waals surface area (Å²) in [5.74, 6) is 0. The number of rotatable bonds is 4. The predicted octanol–water partition coefficient (Wildman–Crippen LogP) is 2.50. The molecule has 2 aromatic rings. The Morgan fingerprint density at radius 1 is 1.38 bits per heavy atom. The number of hydrogen-bond donors (Lipinski definition) is 1. The van der Waals surface area contributed by atoms with Crippen molar-refractivity contribution in [2.45, 2.75) is 51.4 Å². The molecule has 0 saturated carbocycles. The number of ether oxygens (including phenoxy) is 1. The maximum absolute atomic E-state index is 6.17. The third kappa shape index (κ3) is 1.93. The highest BCUT2D eigenvalue weighted by atomic mass is 16.5. The van der Waals surface area contributed by atoms with Crippen molar-refractivity contribution in [2.75, 3.05) is 6.54 Å². The minimum absolute atomic E-state index is 0.0958. The van der Waals surface area contributed by atoms with Crippen LogP contribution in [0, 0.1) is 5.41 Å². The second-order valence-electron chi connectivity index (χ2n) is 6.55. The minimum atomic E-state index is 0.0958. The zero-order chi connectivity index (χ0) is 14.4. The molecular formula is C17H23N3O. The van der Waals surface area contributed by atoms with Crippen molar-refractivity contribution in [3.63, 3.8) is 0 Å². The van der Waals surface area contributed by atoms with Crippen molar-refractivity contribution >= 4 is 10.9 Å². The second kappa shape index (κ2) is 4.82. The van der Waals surface area contributed by atoms with Gasteiger partial charge in [-0.05, 0) is 32.3 Å². The average Bonchev–Trinajstić information content (AvgIpc) is 3.21. The Morgan fingerprint density at radius 3 is 2.90 bits per heavy atom. The van der Waals surface area contributed by atoms with Crippen molar-refractivity contribution in [3.05, 3.63) is 30.0 Å². The molecule has 1 aromatic carbocycles. The normalized spacial score (nSPS) is 31.3. The first kappa shape index (κ1) is 13.3. The molecule has 2 saturated heterocycles. The molecule has 112 valence electrons. The van der Waals surface area contributed by atoms with Gasteiger partial charge in [0, 0.05) is 30.3 Å². The van der Waals surface area contributed by atoms with Gasteiger partial charge in [-0.25, -0.2) is 0 Å². The smallest absolute Gasteiger partial charge is 0.0710 e. The van der Waals surface area contributed by atoms with E-state index in [9.17, 15) is 0 Å². The van der Waals surface area contributed by atoms with E-state index in [1.165, 1.54) is 23.0 Å². The minimum Gasteiger partial charge on any atom is -0.374 e. The molecule has 3 atom stereocenters. The summed E-state index contributed by atoms with van der Waals surface area (Å²) in [5, 5.41) is 6.13. The predicted molar refractivity (Wildman–Crippen MR) is 83.1 cm³/mol. The Bertz CT molecular complexity index is 665. The Kier molecular flexibility index (Phi) is 3.05. The molecule has 4 nitrogen and oxygen atoms in total. The summed E-state index contributed by atoms with van der Waals surface area (Å²) in [5.41, 5.74) is 8.68. The lowest BCUT2D eigenvalue weighted by atomic mass is 9.71. The summed E-state index contributed by atoms with van der Waals surface area (Å²) in [6.07, 6.45) is 5.17. The lowest BCUT2D eigenvalue weighted by Gasteiger charge is -2.33. The van der Waals surface area contributed by atoms with Crippen LogP contribution in [0.25, 0.3) is 10.9 Å². The van der Waals surface area contributed by atoms with Crippen LogP contribution >= 0.6 is 0 Å². The summed E-state index contributed by atoms with van der Waals surface area (Å²) < 4.78 is 8.18. The molecule has 0 spiro atoms. The molecular weight excluding hydrogens is 262 g/mol. The Morgan fingerprint density at radius 2 is 2.24 bits per heavy atom. The topological polar surface area (TPSA) is 53.1 Å². The fourth-order valence-corrected chi connectivity index (χ4v) is 4.27. The van der Waals surface area contributed by atoms with Gasteiger partial charge >= 0.3 is 0 Å². The Hall–Kier alpha value is -1.39. The zero-order valence-corrected chi connectivity index (χ0v) is 12.6. The van der Waals surface area contributed by atoms with Crippen molar-refractivity contribution in [1.82, 2.24) is 9.78 Å². The highest BCUT2D eigenvalue weighted by Gasteiger charge is 2.51. The molecule has 1 aromatic heterocycles. The van der Waals surface area contributed by atoms with Crippen LogP contribution in [0.2, 0.25) is 0 Å². The number of para-hydroxylation sites is 1. The van der Waals surface area contributed by atoms with Crippen LogP contribution in [0.3, 0.4) is 0 Å². The van der Waals surface area contributed by atoms with Crippen LogP contribution in [0.4, 0.5) is 0 Å². The molecule has 0 radical (unpaired) electrons. The van der Waals surface area contributed by atoms with Crippen molar-refractivity contribution in [1.29, 1.82) is 0 Å². The van der Waals surface area contributed by atoms with E-state index >= 15 is 0 Å². The van der Waals surface area contributed by atoms with Gasteiger partial charge in [0.25, 0.3) is 0 Å². The number of benzene rings is 1. The van der Waals surface area contributed by atoms with Crippen molar-refractivity contribution in [2.24, 2.45) is 11.1 Å². The summed E-state index contributed by atoms with van der Waals surface area (Å²) in [6.45, 7) is 3.74. The number of fused-ring (bicyclic) bond motifs is 3. The van der Waals surface area contributed by atoms with E-state index in [4.69, 9.17) is 15.6 Å². The van der Waals surface area contributed by atoms with E-state index < -0.39 is 0 Å². The summed E-state index contributed by atoms with van der Waals surface area (Å²) in [7, 11) is 0. The van der Waals surface area contributed by atoms with Gasteiger partial charge < -0.3 is 10.5 Å². The fourth-order valence-electron chi connectivity index (χ4n) is 4.27. The van der Waals surface area contributed by atoms with Crippen LogP contribution in [-0.4, -0.2) is 28.5 Å². The van der Waals surface area contributed by atoms with Crippen LogP contribution in [0.15, 0.2) is 24.3 Å². The number of nitrogens with zero attached hydrogens (tertiary/aromatic N) is 2. The largest absolute Gasteiger partial charge is 0.374 e. The van der Waals surface area contributed by atoms with Gasteiger partial charge in [0.1, 0.15) is 0 Å². The average molecular weight is 285 g/mol. The Balaban J connectivity index is 1.74. The van der Waals surface area contributed by atoms with E-state index in [-0.39, 0.29) is 5.41 Å². The van der Waals surface area contributed by atoms with E-state index in [2.05, 4.69) is 35.9 Å².